The molecule has 0 aromatic rings. The summed E-state index contributed by atoms with van der Waals surface area (Å²) in [5.74, 6) is 2.41. The van der Waals surface area contributed by atoms with Crippen LogP contribution in [0, 0.1) is 12.3 Å². The quantitative estimate of drug-likeness (QED) is 0.572. The van der Waals surface area contributed by atoms with E-state index in [1.54, 1.807) is 0 Å². The van der Waals surface area contributed by atoms with Gasteiger partial charge in [-0.1, -0.05) is 0 Å². The molecule has 0 aliphatic rings. The molecule has 0 radical (unpaired) electrons. The number of nitrogens with one attached hydrogen (secondary N) is 1. The first-order valence-corrected chi connectivity index (χ1v) is 4.36. The van der Waals surface area contributed by atoms with Gasteiger partial charge in [-0.2, -0.15) is 13.2 Å². The van der Waals surface area contributed by atoms with Gasteiger partial charge in [0, 0.05) is 13.0 Å². The Balaban J connectivity index is 3.39. The van der Waals surface area contributed by atoms with E-state index in [-0.39, 0.29) is 6.54 Å². The first-order valence-electron chi connectivity index (χ1n) is 4.36. The summed E-state index contributed by atoms with van der Waals surface area (Å²) in [6.45, 7) is -1.30. The van der Waals surface area contributed by atoms with Crippen molar-refractivity contribution in [1.82, 2.24) is 5.32 Å². The summed E-state index contributed by atoms with van der Waals surface area (Å²) >= 11 is 0. The number of hydrogen-bond acceptors (Lipinski definition) is 2. The molecule has 1 N–H and O–H groups in total. The number of rotatable bonds is 5. The Morgan fingerprint density at radius 1 is 1.40 bits per heavy atom. The number of hydrogen-bond donors (Lipinski definition) is 1. The zero-order valence-corrected chi connectivity index (χ0v) is 8.06. The van der Waals surface area contributed by atoms with E-state index in [0.717, 1.165) is 6.42 Å². The van der Waals surface area contributed by atoms with Gasteiger partial charge in [0.2, 0.25) is 0 Å². The highest BCUT2D eigenvalue weighted by atomic mass is 19.4. The fraction of sp³-hybridized carbons (Fsp3) is 0.667. The summed E-state index contributed by atoms with van der Waals surface area (Å²) in [7, 11) is 0. The van der Waals surface area contributed by atoms with Gasteiger partial charge < -0.3 is 10.1 Å². The van der Waals surface area contributed by atoms with Crippen LogP contribution in [-0.2, 0) is 4.74 Å². The highest BCUT2D eigenvalue weighted by Gasteiger charge is 2.29. The fourth-order valence-electron chi connectivity index (χ4n) is 0.741. The average molecular weight is 223 g/mol. The second-order valence-corrected chi connectivity index (χ2v) is 2.78. The number of carbonyl (C=O) groups is 1. The number of ether oxygens (including phenoxy) is 1. The maximum Gasteiger partial charge on any atom is 0.422 e. The van der Waals surface area contributed by atoms with E-state index in [0.29, 0.717) is 12.8 Å². The van der Waals surface area contributed by atoms with Gasteiger partial charge in [-0.05, 0) is 12.8 Å². The molecule has 0 heterocycles. The smallest absolute Gasteiger partial charge is 0.422 e. The number of carbonyl (C=O) groups excluding carboxylic acids is 1. The Labute approximate surface area is 86.0 Å². The number of halogens is 3. The lowest BCUT2D eigenvalue weighted by molar-refractivity contribution is -0.160. The third-order valence-corrected chi connectivity index (χ3v) is 1.38. The van der Waals surface area contributed by atoms with Crippen LogP contribution in [0.1, 0.15) is 19.3 Å². The van der Waals surface area contributed by atoms with Crippen LogP contribution in [0.4, 0.5) is 18.0 Å². The summed E-state index contributed by atoms with van der Waals surface area (Å²) in [4.78, 5) is 10.6. The van der Waals surface area contributed by atoms with Crippen molar-refractivity contribution in [3.05, 3.63) is 0 Å². The number of alkyl carbamates (subject to hydrolysis) is 1. The number of alkyl halides is 3. The number of amides is 1. The maximum atomic E-state index is 11.6. The standard InChI is InChI=1S/C9H12F3NO2/c1-2-3-4-5-6-13-8(14)15-7-9(10,11)12/h1H,3-7H2,(H,13,14). The Kier molecular flexibility index (Phi) is 6.34. The molecular formula is C9H12F3NO2. The van der Waals surface area contributed by atoms with Crippen LogP contribution >= 0.6 is 0 Å². The molecular weight excluding hydrogens is 211 g/mol. The predicted octanol–water partition coefficient (Wildman–Crippen LogP) is 2.08. The van der Waals surface area contributed by atoms with Crippen LogP contribution in [0.15, 0.2) is 0 Å². The minimum atomic E-state index is -4.49. The molecule has 0 fully saturated rings. The molecule has 0 spiro atoms. The number of terminal acetylenes is 1. The Morgan fingerprint density at radius 2 is 2.07 bits per heavy atom. The average Bonchev–Trinajstić information content (AvgIpc) is 2.13. The van der Waals surface area contributed by atoms with E-state index >= 15 is 0 Å². The van der Waals surface area contributed by atoms with Crippen LogP contribution in [0.3, 0.4) is 0 Å². The number of unbranched alkanes of at least 4 members (excludes halogenated alkanes) is 2. The van der Waals surface area contributed by atoms with Crippen molar-refractivity contribution >= 4 is 6.09 Å². The molecule has 0 aromatic carbocycles. The van der Waals surface area contributed by atoms with Crippen LogP contribution in [0.5, 0.6) is 0 Å². The normalized spacial score (nSPS) is 10.5. The lowest BCUT2D eigenvalue weighted by atomic mass is 10.2. The molecule has 0 aliphatic carbocycles. The van der Waals surface area contributed by atoms with Gasteiger partial charge >= 0.3 is 12.3 Å². The molecule has 0 atom stereocenters. The summed E-state index contributed by atoms with van der Waals surface area (Å²) in [6.07, 6.45) is 1.35. The topological polar surface area (TPSA) is 38.3 Å². The summed E-state index contributed by atoms with van der Waals surface area (Å²) in [6, 6.07) is 0. The van der Waals surface area contributed by atoms with Crippen molar-refractivity contribution < 1.29 is 22.7 Å². The molecule has 86 valence electrons. The van der Waals surface area contributed by atoms with E-state index < -0.39 is 18.9 Å². The largest absolute Gasteiger partial charge is 0.440 e. The zero-order chi connectivity index (χ0) is 11.7. The first-order chi connectivity index (χ1) is 6.95. The molecule has 3 nitrogen and oxygen atoms in total. The monoisotopic (exact) mass is 223 g/mol. The molecule has 1 amide bonds. The van der Waals surface area contributed by atoms with Crippen LogP contribution in [0.25, 0.3) is 0 Å². The Morgan fingerprint density at radius 3 is 2.60 bits per heavy atom. The SMILES string of the molecule is C#CCCCCNC(=O)OCC(F)(F)F. The molecule has 0 bridgehead atoms. The molecule has 0 unspecified atom stereocenters. The second-order valence-electron chi connectivity index (χ2n) is 2.78. The van der Waals surface area contributed by atoms with Gasteiger partial charge in [0.25, 0.3) is 0 Å². The van der Waals surface area contributed by atoms with E-state index in [2.05, 4.69) is 16.0 Å². The van der Waals surface area contributed by atoms with Crippen LogP contribution in [0.2, 0.25) is 0 Å². The van der Waals surface area contributed by atoms with Gasteiger partial charge in [0.05, 0.1) is 0 Å². The van der Waals surface area contributed by atoms with E-state index in [4.69, 9.17) is 6.42 Å². The first kappa shape index (κ1) is 13.6. The molecule has 0 aliphatic heterocycles. The van der Waals surface area contributed by atoms with Crippen LogP contribution < -0.4 is 5.32 Å². The molecule has 0 rings (SSSR count). The zero-order valence-electron chi connectivity index (χ0n) is 8.06. The van der Waals surface area contributed by atoms with E-state index in [1.807, 2.05) is 0 Å². The van der Waals surface area contributed by atoms with E-state index in [1.165, 1.54) is 0 Å². The van der Waals surface area contributed by atoms with Crippen molar-refractivity contribution in [2.24, 2.45) is 0 Å². The van der Waals surface area contributed by atoms with Gasteiger partial charge in [-0.3, -0.25) is 0 Å². The van der Waals surface area contributed by atoms with Crippen molar-refractivity contribution in [2.75, 3.05) is 13.2 Å². The molecule has 0 aromatic heterocycles. The van der Waals surface area contributed by atoms with Gasteiger partial charge in [0.15, 0.2) is 6.61 Å². The van der Waals surface area contributed by atoms with Gasteiger partial charge in [0.1, 0.15) is 0 Å². The van der Waals surface area contributed by atoms with Crippen molar-refractivity contribution in [2.45, 2.75) is 25.4 Å². The lowest BCUT2D eigenvalue weighted by Crippen LogP contribution is -2.29. The van der Waals surface area contributed by atoms with Crippen LogP contribution in [-0.4, -0.2) is 25.4 Å². The summed E-state index contributed by atoms with van der Waals surface area (Å²) in [5.41, 5.74) is 0. The van der Waals surface area contributed by atoms with Gasteiger partial charge in [-0.25, -0.2) is 4.79 Å². The molecule has 15 heavy (non-hydrogen) atoms. The highest BCUT2D eigenvalue weighted by Crippen LogP contribution is 2.14. The third-order valence-electron chi connectivity index (χ3n) is 1.38. The van der Waals surface area contributed by atoms with E-state index in [9.17, 15) is 18.0 Å². The summed E-state index contributed by atoms with van der Waals surface area (Å²) in [5, 5.41) is 2.18. The Bertz CT molecular complexity index is 232. The van der Waals surface area contributed by atoms with Crippen molar-refractivity contribution in [1.29, 1.82) is 0 Å². The maximum absolute atomic E-state index is 11.6. The summed E-state index contributed by atoms with van der Waals surface area (Å²) < 4.78 is 38.6. The second kappa shape index (κ2) is 6.98. The fourth-order valence-corrected chi connectivity index (χ4v) is 0.741. The predicted molar refractivity (Wildman–Crippen MR) is 48.1 cm³/mol. The molecule has 0 saturated carbocycles. The Hall–Kier alpha value is -1.38. The van der Waals surface area contributed by atoms with Gasteiger partial charge in [-0.15, -0.1) is 12.3 Å². The highest BCUT2D eigenvalue weighted by molar-refractivity contribution is 5.67. The van der Waals surface area contributed by atoms with Crippen molar-refractivity contribution in [3.8, 4) is 12.3 Å². The minimum Gasteiger partial charge on any atom is -0.440 e. The molecule has 0 saturated heterocycles. The minimum absolute atomic E-state index is 0.262. The lowest BCUT2D eigenvalue weighted by Gasteiger charge is -2.08. The van der Waals surface area contributed by atoms with Crippen molar-refractivity contribution in [3.63, 3.8) is 0 Å². The molecule has 6 heteroatoms. The third kappa shape index (κ3) is 10.5.